The zero-order valence-electron chi connectivity index (χ0n) is 27.6. The van der Waals surface area contributed by atoms with Crippen LogP contribution in [-0.4, -0.2) is 98.5 Å². The highest BCUT2D eigenvalue weighted by atomic mass is 127. The number of nitrogen functional groups attached to an aromatic ring is 1. The van der Waals surface area contributed by atoms with Crippen molar-refractivity contribution in [1.82, 2.24) is 29.7 Å². The van der Waals surface area contributed by atoms with Gasteiger partial charge in [0.25, 0.3) is 0 Å². The molecule has 17 nitrogen and oxygen atoms in total. The summed E-state index contributed by atoms with van der Waals surface area (Å²) in [5.41, 5.74) is 4.38. The lowest BCUT2D eigenvalue weighted by atomic mass is 9.96. The molecule has 2 aromatic heterocycles. The molecular formula is C28H47IN7O10P. The Hall–Kier alpha value is -2.19. The van der Waals surface area contributed by atoms with Crippen molar-refractivity contribution in [3.63, 3.8) is 0 Å². The molecule has 1 aliphatic heterocycles. The molecular weight excluding hydrogens is 752 g/mol. The summed E-state index contributed by atoms with van der Waals surface area (Å²) in [6.45, 7) is 8.15. The predicted molar refractivity (Wildman–Crippen MR) is 179 cm³/mol. The van der Waals surface area contributed by atoms with E-state index in [0.717, 1.165) is 25.7 Å². The molecule has 3 rings (SSSR count). The number of esters is 2. The van der Waals surface area contributed by atoms with Crippen molar-refractivity contribution in [2.45, 2.75) is 109 Å². The van der Waals surface area contributed by atoms with E-state index in [4.69, 9.17) is 29.2 Å². The summed E-state index contributed by atoms with van der Waals surface area (Å²) in [4.78, 5) is 38.0. The van der Waals surface area contributed by atoms with Gasteiger partial charge in [0.05, 0.1) is 26.9 Å². The summed E-state index contributed by atoms with van der Waals surface area (Å²) in [5, 5.41) is 27.9. The second-order valence-corrected chi connectivity index (χ2v) is 14.4. The number of anilines is 1. The van der Waals surface area contributed by atoms with Crippen LogP contribution in [-0.2, 0) is 32.9 Å². The van der Waals surface area contributed by atoms with Gasteiger partial charge in [-0.05, 0) is 33.6 Å². The maximum Gasteiger partial charge on any atom is 0.342 e. The highest BCUT2D eigenvalue weighted by Gasteiger charge is 2.54. The molecule has 0 amide bonds. The van der Waals surface area contributed by atoms with E-state index < -0.39 is 62.3 Å². The Bertz CT molecular complexity index is 1380. The van der Waals surface area contributed by atoms with E-state index >= 15 is 0 Å². The Kier molecular flexibility index (Phi) is 14.6. The number of fused-ring (bicyclic) bond motifs is 1. The van der Waals surface area contributed by atoms with Gasteiger partial charge in [-0.25, -0.2) is 15.2 Å². The SMILES string of the molecule is CCCCCOC(=O)[C@H](C)NP(=O)(N[C@@H](C)C(=O)OCCCCC)OC[C@H]1O[C@@H](n2c(I)nc3c(OC)nc(N)nc32)[C@](C)(O)[C@@H]1O. The molecule has 6 atom stereocenters. The van der Waals surface area contributed by atoms with E-state index in [2.05, 4.69) is 25.1 Å². The molecule has 47 heavy (non-hydrogen) atoms. The fourth-order valence-electron chi connectivity index (χ4n) is 4.85. The van der Waals surface area contributed by atoms with Crippen molar-refractivity contribution in [2.75, 3.05) is 32.7 Å². The van der Waals surface area contributed by atoms with E-state index in [1.54, 1.807) is 0 Å². The first-order valence-corrected chi connectivity index (χ1v) is 18.3. The number of aliphatic hydroxyl groups is 2. The normalized spacial score (nSPS) is 22.7. The highest BCUT2D eigenvalue weighted by Crippen LogP contribution is 2.45. The molecule has 6 N–H and O–H groups in total. The zero-order valence-corrected chi connectivity index (χ0v) is 30.7. The van der Waals surface area contributed by atoms with Gasteiger partial charge in [-0.15, -0.1) is 0 Å². The summed E-state index contributed by atoms with van der Waals surface area (Å²) >= 11 is 1.91. The summed E-state index contributed by atoms with van der Waals surface area (Å²) < 4.78 is 43.6. The van der Waals surface area contributed by atoms with Gasteiger partial charge >= 0.3 is 19.6 Å². The average Bonchev–Trinajstić information content (AvgIpc) is 3.45. The van der Waals surface area contributed by atoms with Gasteiger partial charge in [0, 0.05) is 22.6 Å². The molecule has 1 aliphatic rings. The minimum atomic E-state index is -4.24. The molecule has 0 saturated carbocycles. The van der Waals surface area contributed by atoms with Crippen LogP contribution in [0.5, 0.6) is 5.88 Å². The summed E-state index contributed by atoms with van der Waals surface area (Å²) in [7, 11) is -2.85. The van der Waals surface area contributed by atoms with Gasteiger partial charge in [0.15, 0.2) is 21.2 Å². The van der Waals surface area contributed by atoms with E-state index in [1.807, 2.05) is 36.4 Å². The van der Waals surface area contributed by atoms with Gasteiger partial charge in [0.1, 0.15) is 29.9 Å². The van der Waals surface area contributed by atoms with Gasteiger partial charge in [-0.2, -0.15) is 9.97 Å². The Morgan fingerprint density at radius 2 is 1.62 bits per heavy atom. The van der Waals surface area contributed by atoms with Crippen molar-refractivity contribution < 1.29 is 47.8 Å². The molecule has 0 spiro atoms. The number of aliphatic hydroxyl groups excluding tert-OH is 1. The molecule has 19 heteroatoms. The van der Waals surface area contributed by atoms with Crippen molar-refractivity contribution in [3.05, 3.63) is 3.83 Å². The topological polar surface area (TPSA) is 232 Å². The fourth-order valence-corrected chi connectivity index (χ4v) is 7.38. The number of nitrogens with one attached hydrogen (secondary N) is 2. The summed E-state index contributed by atoms with van der Waals surface area (Å²) in [5.74, 6) is -1.34. The molecule has 3 heterocycles. The number of halogens is 1. The molecule has 1 saturated heterocycles. The maximum absolute atomic E-state index is 14.1. The third-order valence-corrected chi connectivity index (χ3v) is 10.2. The molecule has 0 radical (unpaired) electrons. The minimum Gasteiger partial charge on any atom is -0.479 e. The van der Waals surface area contributed by atoms with Crippen LogP contribution in [0.2, 0.25) is 0 Å². The number of imidazole rings is 1. The largest absolute Gasteiger partial charge is 0.479 e. The monoisotopic (exact) mass is 799 g/mol. The lowest BCUT2D eigenvalue weighted by Gasteiger charge is -2.28. The Morgan fingerprint density at radius 1 is 1.06 bits per heavy atom. The van der Waals surface area contributed by atoms with Crippen molar-refractivity contribution in [2.24, 2.45) is 0 Å². The molecule has 0 bridgehead atoms. The van der Waals surface area contributed by atoms with Crippen LogP contribution >= 0.6 is 30.3 Å². The minimum absolute atomic E-state index is 0.108. The van der Waals surface area contributed by atoms with E-state index in [1.165, 1.54) is 32.4 Å². The number of carbonyl (C=O) groups excluding carboxylic acids is 2. The lowest BCUT2D eigenvalue weighted by molar-refractivity contribution is -0.145. The van der Waals surface area contributed by atoms with Crippen LogP contribution < -0.4 is 20.6 Å². The second-order valence-electron chi connectivity index (χ2n) is 11.5. The first kappa shape index (κ1) is 39.3. The highest BCUT2D eigenvalue weighted by molar-refractivity contribution is 14.1. The Balaban J connectivity index is 1.81. The van der Waals surface area contributed by atoms with Crippen molar-refractivity contribution in [1.29, 1.82) is 0 Å². The fraction of sp³-hybridized carbons (Fsp3) is 0.750. The third-order valence-electron chi connectivity index (χ3n) is 7.50. The average molecular weight is 800 g/mol. The van der Waals surface area contributed by atoms with Crippen LogP contribution in [0.4, 0.5) is 5.95 Å². The van der Waals surface area contributed by atoms with Gasteiger partial charge in [-0.3, -0.25) is 18.7 Å². The van der Waals surface area contributed by atoms with Gasteiger partial charge in [0.2, 0.25) is 11.8 Å². The molecule has 1 fully saturated rings. The van der Waals surface area contributed by atoms with Crippen LogP contribution in [0.15, 0.2) is 0 Å². The quantitative estimate of drug-likeness (QED) is 0.0452. The Morgan fingerprint density at radius 3 is 2.13 bits per heavy atom. The third kappa shape index (κ3) is 9.93. The predicted octanol–water partition coefficient (Wildman–Crippen LogP) is 2.58. The summed E-state index contributed by atoms with van der Waals surface area (Å²) in [6, 6.07) is -2.21. The molecule has 266 valence electrons. The number of nitrogens with two attached hydrogens (primary N) is 1. The standard InChI is InChI=1S/C28H47IN7O10P/c1-7-9-11-13-43-23(38)16(3)34-47(41,35-17(4)24(39)44-14-12-10-8-2)45-15-18-20(37)28(5,40)25(46-18)36-21-19(31-26(36)29)22(42-6)33-27(30)32-21/h16-18,20,25,37,40H,7-15H2,1-6H3,(H2,30,32,33)(H2,34,35,41)/t16-,17-,18+,20+,25+,28+/m0/s1. The van der Waals surface area contributed by atoms with E-state index in [9.17, 15) is 24.4 Å². The molecule has 0 unspecified atom stereocenters. The number of rotatable bonds is 19. The second kappa shape index (κ2) is 17.5. The number of carbonyl (C=O) groups is 2. The van der Waals surface area contributed by atoms with Crippen LogP contribution in [0.25, 0.3) is 11.2 Å². The number of nitrogens with zero attached hydrogens (tertiary/aromatic N) is 4. The summed E-state index contributed by atoms with van der Waals surface area (Å²) in [6.07, 6.45) is 0.953. The van der Waals surface area contributed by atoms with E-state index in [0.29, 0.717) is 16.7 Å². The van der Waals surface area contributed by atoms with Gasteiger partial charge in [-0.1, -0.05) is 39.5 Å². The molecule has 0 aliphatic carbocycles. The van der Waals surface area contributed by atoms with Crippen LogP contribution in [0.3, 0.4) is 0 Å². The number of unbranched alkanes of at least 4 members (excludes halogenated alkanes) is 4. The maximum atomic E-state index is 14.1. The lowest BCUT2D eigenvalue weighted by Crippen LogP contribution is -2.45. The zero-order chi connectivity index (χ0) is 34.9. The number of aromatic nitrogens is 4. The van der Waals surface area contributed by atoms with Gasteiger partial charge < -0.3 is 39.4 Å². The first-order valence-electron chi connectivity index (χ1n) is 15.6. The van der Waals surface area contributed by atoms with Crippen molar-refractivity contribution >= 4 is 59.3 Å². The van der Waals surface area contributed by atoms with Crippen LogP contribution in [0.1, 0.15) is 79.4 Å². The number of methoxy groups -OCH3 is 1. The Labute approximate surface area is 287 Å². The number of hydrogen-bond acceptors (Lipinski definition) is 14. The number of ether oxygens (including phenoxy) is 4. The molecule has 0 aromatic carbocycles. The number of hydrogen-bond donors (Lipinski definition) is 5. The molecule has 2 aromatic rings. The van der Waals surface area contributed by atoms with E-state index in [-0.39, 0.29) is 36.2 Å². The first-order chi connectivity index (χ1) is 22.2. The smallest absolute Gasteiger partial charge is 0.342 e. The van der Waals surface area contributed by atoms with Crippen LogP contribution in [0, 0.1) is 3.83 Å². The van der Waals surface area contributed by atoms with Crippen molar-refractivity contribution in [3.8, 4) is 5.88 Å².